The van der Waals surface area contributed by atoms with Crippen LogP contribution in [0.5, 0.6) is 23.1 Å². The van der Waals surface area contributed by atoms with Crippen LogP contribution in [0.4, 0.5) is 5.82 Å². The Kier molecular flexibility index (Phi) is 2.96. The van der Waals surface area contributed by atoms with Crippen LogP contribution in [0.25, 0.3) is 0 Å². The fourth-order valence-corrected chi connectivity index (χ4v) is 2.96. The van der Waals surface area contributed by atoms with Crippen molar-refractivity contribution in [3.63, 3.8) is 0 Å². The second kappa shape index (κ2) is 5.02. The predicted octanol–water partition coefficient (Wildman–Crippen LogP) is 2.05. The van der Waals surface area contributed by atoms with E-state index < -0.39 is 5.69 Å². The van der Waals surface area contributed by atoms with Gasteiger partial charge in [-0.15, -0.1) is 0 Å². The Bertz CT molecular complexity index is 996. The van der Waals surface area contributed by atoms with Crippen molar-refractivity contribution >= 4 is 5.82 Å². The maximum atomic E-state index is 11.6. The Morgan fingerprint density at radius 1 is 1.08 bits per heavy atom. The van der Waals surface area contributed by atoms with Crippen molar-refractivity contribution in [2.45, 2.75) is 5.92 Å². The van der Waals surface area contributed by atoms with E-state index in [9.17, 15) is 15.0 Å². The Morgan fingerprint density at radius 3 is 2.54 bits per heavy atom. The molecule has 1 unspecified atom stereocenters. The average molecular weight is 323 g/mol. The van der Waals surface area contributed by atoms with Crippen molar-refractivity contribution in [2.75, 3.05) is 5.73 Å². The molecule has 0 spiro atoms. The van der Waals surface area contributed by atoms with Crippen molar-refractivity contribution in [3.05, 3.63) is 69.6 Å². The molecule has 0 bridgehead atoms. The Labute approximate surface area is 136 Å². The van der Waals surface area contributed by atoms with E-state index in [0.29, 0.717) is 11.3 Å². The van der Waals surface area contributed by atoms with E-state index >= 15 is 0 Å². The number of nitrogen functional groups attached to an aromatic ring is 1. The zero-order valence-corrected chi connectivity index (χ0v) is 12.4. The first-order valence-corrected chi connectivity index (χ1v) is 7.22. The number of fused-ring (bicyclic) bond motifs is 2. The molecule has 3 aromatic rings. The molecule has 0 aliphatic carbocycles. The summed E-state index contributed by atoms with van der Waals surface area (Å²) in [6.45, 7) is 0. The molecule has 5 N–H and O–H groups in total. The van der Waals surface area contributed by atoms with Crippen LogP contribution in [0.3, 0.4) is 0 Å². The molecule has 2 aromatic carbocycles. The predicted molar refractivity (Wildman–Crippen MR) is 86.5 cm³/mol. The molecular formula is C17H13N3O4. The van der Waals surface area contributed by atoms with Gasteiger partial charge in [0.2, 0.25) is 5.88 Å². The van der Waals surface area contributed by atoms with Gasteiger partial charge in [-0.1, -0.05) is 18.2 Å². The molecule has 1 aliphatic rings. The van der Waals surface area contributed by atoms with E-state index in [-0.39, 0.29) is 29.1 Å². The Hall–Kier alpha value is -3.48. The van der Waals surface area contributed by atoms with Crippen LogP contribution in [-0.4, -0.2) is 20.2 Å². The highest BCUT2D eigenvalue weighted by Crippen LogP contribution is 2.48. The number of aromatic nitrogens is 2. The van der Waals surface area contributed by atoms with Gasteiger partial charge in [0.25, 0.3) is 0 Å². The molecule has 0 amide bonds. The first kappa shape index (κ1) is 14.1. The van der Waals surface area contributed by atoms with E-state index in [2.05, 4.69) is 9.97 Å². The molecule has 0 fully saturated rings. The van der Waals surface area contributed by atoms with Crippen LogP contribution in [0.1, 0.15) is 22.6 Å². The van der Waals surface area contributed by atoms with Gasteiger partial charge in [-0.3, -0.25) is 4.98 Å². The molecule has 2 heterocycles. The van der Waals surface area contributed by atoms with Gasteiger partial charge in [-0.2, -0.15) is 4.98 Å². The smallest absolute Gasteiger partial charge is 0.349 e. The van der Waals surface area contributed by atoms with Crippen molar-refractivity contribution < 1.29 is 14.9 Å². The van der Waals surface area contributed by atoms with Crippen molar-refractivity contribution in [2.24, 2.45) is 0 Å². The van der Waals surface area contributed by atoms with Gasteiger partial charge in [0, 0.05) is 17.5 Å². The molecule has 1 aliphatic heterocycles. The minimum Gasteiger partial charge on any atom is -0.508 e. The van der Waals surface area contributed by atoms with E-state index in [0.717, 1.165) is 11.1 Å². The number of nitrogens with one attached hydrogen (secondary N) is 1. The molecule has 0 radical (unpaired) electrons. The number of ether oxygens (including phenoxy) is 1. The number of nitrogens with two attached hydrogens (primary N) is 1. The first-order chi connectivity index (χ1) is 11.5. The Balaban J connectivity index is 2.01. The monoisotopic (exact) mass is 323 g/mol. The summed E-state index contributed by atoms with van der Waals surface area (Å²) < 4.78 is 5.67. The number of hydrogen-bond acceptors (Lipinski definition) is 6. The standard InChI is InChI=1S/C17H13N3O4/c18-15-14-13(8-1-3-9(21)4-2-8)11-6-5-10(22)7-12(11)24-16(14)20-17(23)19-15/h1-7,13,21-22H,(H3,18,19,20,23). The van der Waals surface area contributed by atoms with E-state index in [1.807, 2.05) is 0 Å². The topological polar surface area (TPSA) is 121 Å². The van der Waals surface area contributed by atoms with Crippen LogP contribution >= 0.6 is 0 Å². The fourth-order valence-electron chi connectivity index (χ4n) is 2.96. The number of nitrogens with zero attached hydrogens (tertiary/aromatic N) is 1. The third-order valence-electron chi connectivity index (χ3n) is 4.00. The largest absolute Gasteiger partial charge is 0.508 e. The molecule has 4 rings (SSSR count). The number of H-pyrrole nitrogens is 1. The van der Waals surface area contributed by atoms with Gasteiger partial charge >= 0.3 is 5.69 Å². The normalized spacial score (nSPS) is 15.2. The van der Waals surface area contributed by atoms with Gasteiger partial charge in [0.15, 0.2) is 0 Å². The SMILES string of the molecule is Nc1[nH]c(=O)nc2c1C(c1ccc(O)cc1)c1ccc(O)cc1O2. The lowest BCUT2D eigenvalue weighted by Gasteiger charge is -2.28. The zero-order chi connectivity index (χ0) is 16.8. The molecule has 120 valence electrons. The molecular weight excluding hydrogens is 310 g/mol. The highest BCUT2D eigenvalue weighted by molar-refractivity contribution is 5.63. The molecule has 0 saturated heterocycles. The van der Waals surface area contributed by atoms with Crippen LogP contribution < -0.4 is 16.2 Å². The van der Waals surface area contributed by atoms with Crippen LogP contribution in [0, 0.1) is 0 Å². The van der Waals surface area contributed by atoms with Gasteiger partial charge in [-0.05, 0) is 23.8 Å². The van der Waals surface area contributed by atoms with Gasteiger partial charge in [-0.25, -0.2) is 4.79 Å². The number of hydrogen-bond donors (Lipinski definition) is 4. The number of phenols is 2. The third kappa shape index (κ3) is 2.14. The number of aromatic amines is 1. The van der Waals surface area contributed by atoms with Crippen molar-refractivity contribution in [1.29, 1.82) is 0 Å². The van der Waals surface area contributed by atoms with Crippen LogP contribution in [0.15, 0.2) is 47.3 Å². The zero-order valence-electron chi connectivity index (χ0n) is 12.4. The highest BCUT2D eigenvalue weighted by Gasteiger charge is 2.32. The summed E-state index contributed by atoms with van der Waals surface area (Å²) in [5, 5.41) is 19.2. The molecule has 24 heavy (non-hydrogen) atoms. The number of benzene rings is 2. The minimum absolute atomic E-state index is 0.0412. The number of anilines is 1. The third-order valence-corrected chi connectivity index (χ3v) is 4.00. The highest BCUT2D eigenvalue weighted by atomic mass is 16.5. The van der Waals surface area contributed by atoms with E-state index in [4.69, 9.17) is 10.5 Å². The number of phenolic OH excluding ortho intramolecular Hbond substituents is 2. The maximum Gasteiger partial charge on any atom is 0.349 e. The summed E-state index contributed by atoms with van der Waals surface area (Å²) in [5.74, 6) is 0.505. The van der Waals surface area contributed by atoms with Crippen LogP contribution in [-0.2, 0) is 0 Å². The molecule has 1 atom stereocenters. The summed E-state index contributed by atoms with van der Waals surface area (Å²) in [4.78, 5) is 18.0. The maximum absolute atomic E-state index is 11.6. The van der Waals surface area contributed by atoms with Gasteiger partial charge in [0.1, 0.15) is 23.1 Å². The lowest BCUT2D eigenvalue weighted by molar-refractivity contribution is 0.421. The fraction of sp³-hybridized carbons (Fsp3) is 0.0588. The summed E-state index contributed by atoms with van der Waals surface area (Å²) in [7, 11) is 0. The minimum atomic E-state index is -0.612. The summed E-state index contributed by atoms with van der Waals surface area (Å²) in [6.07, 6.45) is 0. The quantitative estimate of drug-likeness (QED) is 0.425. The lowest BCUT2D eigenvalue weighted by Crippen LogP contribution is -2.22. The summed E-state index contributed by atoms with van der Waals surface area (Å²) in [5.41, 5.74) is 7.55. The van der Waals surface area contributed by atoms with E-state index in [1.54, 1.807) is 36.4 Å². The van der Waals surface area contributed by atoms with Gasteiger partial charge in [0.05, 0.1) is 5.56 Å². The Morgan fingerprint density at radius 2 is 1.79 bits per heavy atom. The molecule has 7 heteroatoms. The van der Waals surface area contributed by atoms with E-state index in [1.165, 1.54) is 6.07 Å². The van der Waals surface area contributed by atoms with Crippen molar-refractivity contribution in [3.8, 4) is 23.1 Å². The molecule has 7 nitrogen and oxygen atoms in total. The summed E-state index contributed by atoms with van der Waals surface area (Å²) >= 11 is 0. The van der Waals surface area contributed by atoms with Gasteiger partial charge < -0.3 is 20.7 Å². The summed E-state index contributed by atoms with van der Waals surface area (Å²) in [6, 6.07) is 11.4. The van der Waals surface area contributed by atoms with Crippen LogP contribution in [0.2, 0.25) is 0 Å². The van der Waals surface area contributed by atoms with Crippen molar-refractivity contribution in [1.82, 2.24) is 9.97 Å². The molecule has 0 saturated carbocycles. The number of aromatic hydroxyl groups is 2. The average Bonchev–Trinajstić information content (AvgIpc) is 2.53. The second-order valence-corrected chi connectivity index (χ2v) is 5.52. The second-order valence-electron chi connectivity index (χ2n) is 5.52. The first-order valence-electron chi connectivity index (χ1n) is 7.22. The molecule has 1 aromatic heterocycles. The lowest BCUT2D eigenvalue weighted by atomic mass is 9.83. The number of rotatable bonds is 1.